The van der Waals surface area contributed by atoms with Crippen molar-refractivity contribution >= 4 is 28.3 Å². The number of nitrogens with two attached hydrogens (primary N) is 1. The molecule has 0 bridgehead atoms. The number of hydrogen-bond acceptors (Lipinski definition) is 4. The Hall–Kier alpha value is -0.890. The van der Waals surface area contributed by atoms with Crippen molar-refractivity contribution in [1.82, 2.24) is 0 Å². The normalized spacial score (nSPS) is 9.93. The van der Waals surface area contributed by atoms with Gasteiger partial charge in [0.05, 0.1) is 15.6 Å². The maximum Gasteiger partial charge on any atom is 0.324 e. The molecule has 2 N–H and O–H groups in total. The first-order valence-electron chi connectivity index (χ1n) is 3.81. The summed E-state index contributed by atoms with van der Waals surface area (Å²) in [5.74, 6) is 0.252. The molecule has 0 aliphatic carbocycles. The maximum absolute atomic E-state index is 10.7. The average Bonchev–Trinajstić information content (AvgIpc) is 2.15. The standard InChI is InChI=1S/C8H9IN2O3/c1-14-7-3-5(4-10)2-6(9)8(7)11(12)13/h2-3H,4,10H2,1H3. The fraction of sp³-hybridized carbons (Fsp3) is 0.250. The SMILES string of the molecule is COc1cc(CN)cc(I)c1[N+](=O)[O-]. The van der Waals surface area contributed by atoms with Crippen LogP contribution < -0.4 is 10.5 Å². The summed E-state index contributed by atoms with van der Waals surface area (Å²) in [6, 6.07) is 3.27. The Morgan fingerprint density at radius 3 is 2.71 bits per heavy atom. The molecule has 0 unspecified atom stereocenters. The molecule has 6 heteroatoms. The summed E-state index contributed by atoms with van der Waals surface area (Å²) in [6.45, 7) is 0.338. The van der Waals surface area contributed by atoms with Crippen LogP contribution in [0, 0.1) is 13.7 Å². The predicted molar refractivity (Wildman–Crippen MR) is 60.3 cm³/mol. The quantitative estimate of drug-likeness (QED) is 0.523. The van der Waals surface area contributed by atoms with Crippen LogP contribution in [0.4, 0.5) is 5.69 Å². The number of nitro groups is 1. The van der Waals surface area contributed by atoms with E-state index < -0.39 is 4.92 Å². The fourth-order valence-corrected chi connectivity index (χ4v) is 1.94. The number of ether oxygens (including phenoxy) is 1. The second-order valence-corrected chi connectivity index (χ2v) is 3.75. The van der Waals surface area contributed by atoms with Crippen molar-refractivity contribution in [3.63, 3.8) is 0 Å². The molecular weight excluding hydrogens is 299 g/mol. The van der Waals surface area contributed by atoms with E-state index in [1.54, 1.807) is 12.1 Å². The van der Waals surface area contributed by atoms with Crippen molar-refractivity contribution in [3.05, 3.63) is 31.4 Å². The molecule has 1 aromatic rings. The largest absolute Gasteiger partial charge is 0.490 e. The highest BCUT2D eigenvalue weighted by atomic mass is 127. The van der Waals surface area contributed by atoms with E-state index in [9.17, 15) is 10.1 Å². The first-order valence-corrected chi connectivity index (χ1v) is 4.89. The molecule has 1 aromatic carbocycles. The number of methoxy groups -OCH3 is 1. The molecule has 0 saturated carbocycles. The summed E-state index contributed by atoms with van der Waals surface area (Å²) >= 11 is 1.90. The van der Waals surface area contributed by atoms with Gasteiger partial charge >= 0.3 is 5.69 Å². The van der Waals surface area contributed by atoms with Gasteiger partial charge in [0.1, 0.15) is 0 Å². The van der Waals surface area contributed by atoms with Gasteiger partial charge < -0.3 is 10.5 Å². The van der Waals surface area contributed by atoms with E-state index in [1.807, 2.05) is 22.6 Å². The molecule has 0 amide bonds. The molecule has 0 aromatic heterocycles. The van der Waals surface area contributed by atoms with Crippen LogP contribution >= 0.6 is 22.6 Å². The molecule has 76 valence electrons. The van der Waals surface area contributed by atoms with Crippen molar-refractivity contribution in [2.75, 3.05) is 7.11 Å². The first-order chi connectivity index (χ1) is 6.60. The Morgan fingerprint density at radius 2 is 2.29 bits per heavy atom. The van der Waals surface area contributed by atoms with Crippen molar-refractivity contribution in [3.8, 4) is 5.75 Å². The topological polar surface area (TPSA) is 78.4 Å². The van der Waals surface area contributed by atoms with Crippen molar-refractivity contribution in [2.24, 2.45) is 5.73 Å². The molecule has 0 radical (unpaired) electrons. The summed E-state index contributed by atoms with van der Waals surface area (Å²) in [5, 5.41) is 10.7. The maximum atomic E-state index is 10.7. The third-order valence-electron chi connectivity index (χ3n) is 1.73. The van der Waals surface area contributed by atoms with Crippen LogP contribution in [0.3, 0.4) is 0 Å². The van der Waals surface area contributed by atoms with Gasteiger partial charge in [-0.2, -0.15) is 0 Å². The van der Waals surface area contributed by atoms with Crippen LogP contribution in [0.15, 0.2) is 12.1 Å². The smallest absolute Gasteiger partial charge is 0.324 e. The molecule has 0 saturated heterocycles. The van der Waals surface area contributed by atoms with E-state index in [0.717, 1.165) is 5.56 Å². The summed E-state index contributed by atoms with van der Waals surface area (Å²) in [7, 11) is 1.40. The Labute approximate surface area is 94.5 Å². The second-order valence-electron chi connectivity index (χ2n) is 2.59. The molecule has 0 atom stereocenters. The number of rotatable bonds is 3. The van der Waals surface area contributed by atoms with Gasteiger partial charge in [0, 0.05) is 6.54 Å². The van der Waals surface area contributed by atoms with E-state index in [-0.39, 0.29) is 11.4 Å². The first kappa shape index (κ1) is 11.2. The molecule has 0 aliphatic rings. The Balaban J connectivity index is 3.34. The van der Waals surface area contributed by atoms with Crippen LogP contribution in [0.2, 0.25) is 0 Å². The zero-order valence-electron chi connectivity index (χ0n) is 7.49. The van der Waals surface area contributed by atoms with Gasteiger partial charge in [-0.15, -0.1) is 0 Å². The predicted octanol–water partition coefficient (Wildman–Crippen LogP) is 1.67. The lowest BCUT2D eigenvalue weighted by molar-refractivity contribution is -0.386. The second kappa shape index (κ2) is 4.56. The van der Waals surface area contributed by atoms with Gasteiger partial charge in [-0.25, -0.2) is 0 Å². The lowest BCUT2D eigenvalue weighted by Crippen LogP contribution is -2.01. The lowest BCUT2D eigenvalue weighted by Gasteiger charge is -2.05. The van der Waals surface area contributed by atoms with Gasteiger partial charge in [-0.05, 0) is 40.3 Å². The van der Waals surface area contributed by atoms with Crippen LogP contribution in [-0.4, -0.2) is 12.0 Å². The Bertz CT molecular complexity index is 368. The molecule has 0 heterocycles. The minimum Gasteiger partial charge on any atom is -0.490 e. The number of nitro benzene ring substituents is 1. The zero-order valence-corrected chi connectivity index (χ0v) is 9.65. The molecule has 0 aliphatic heterocycles. The summed E-state index contributed by atoms with van der Waals surface area (Å²) in [6.07, 6.45) is 0. The highest BCUT2D eigenvalue weighted by Gasteiger charge is 2.19. The van der Waals surface area contributed by atoms with Gasteiger partial charge in [-0.3, -0.25) is 10.1 Å². The number of halogens is 1. The van der Waals surface area contributed by atoms with E-state index in [2.05, 4.69) is 0 Å². The summed E-state index contributed by atoms with van der Waals surface area (Å²) in [5.41, 5.74) is 6.25. The third kappa shape index (κ3) is 2.13. The lowest BCUT2D eigenvalue weighted by atomic mass is 10.2. The Kier molecular flexibility index (Phi) is 3.64. The van der Waals surface area contributed by atoms with Gasteiger partial charge in [0.15, 0.2) is 5.75 Å². The summed E-state index contributed by atoms with van der Waals surface area (Å²) < 4.78 is 5.46. The Morgan fingerprint density at radius 1 is 1.64 bits per heavy atom. The molecule has 0 spiro atoms. The molecule has 1 rings (SSSR count). The van der Waals surface area contributed by atoms with Crippen LogP contribution in [-0.2, 0) is 6.54 Å². The average molecular weight is 308 g/mol. The van der Waals surface area contributed by atoms with Gasteiger partial charge in [0.2, 0.25) is 0 Å². The van der Waals surface area contributed by atoms with Crippen molar-refractivity contribution in [1.29, 1.82) is 0 Å². The number of hydrogen-bond donors (Lipinski definition) is 1. The van der Waals surface area contributed by atoms with Gasteiger partial charge in [-0.1, -0.05) is 0 Å². The monoisotopic (exact) mass is 308 g/mol. The van der Waals surface area contributed by atoms with Crippen LogP contribution in [0.5, 0.6) is 5.75 Å². The third-order valence-corrected chi connectivity index (χ3v) is 2.55. The highest BCUT2D eigenvalue weighted by Crippen LogP contribution is 2.33. The van der Waals surface area contributed by atoms with E-state index in [0.29, 0.717) is 10.1 Å². The van der Waals surface area contributed by atoms with Crippen molar-refractivity contribution < 1.29 is 9.66 Å². The fourth-order valence-electron chi connectivity index (χ4n) is 1.08. The number of benzene rings is 1. The van der Waals surface area contributed by atoms with E-state index in [1.165, 1.54) is 7.11 Å². The van der Waals surface area contributed by atoms with E-state index in [4.69, 9.17) is 10.5 Å². The minimum atomic E-state index is -0.457. The summed E-state index contributed by atoms with van der Waals surface area (Å²) in [4.78, 5) is 10.2. The van der Waals surface area contributed by atoms with E-state index >= 15 is 0 Å². The van der Waals surface area contributed by atoms with Crippen molar-refractivity contribution in [2.45, 2.75) is 6.54 Å². The zero-order chi connectivity index (χ0) is 10.7. The highest BCUT2D eigenvalue weighted by molar-refractivity contribution is 14.1. The molecular formula is C8H9IN2O3. The van der Waals surface area contributed by atoms with Gasteiger partial charge in [0.25, 0.3) is 0 Å². The minimum absolute atomic E-state index is 0.00898. The molecule has 14 heavy (non-hydrogen) atoms. The number of nitrogens with zero attached hydrogens (tertiary/aromatic N) is 1. The van der Waals surface area contributed by atoms with Crippen LogP contribution in [0.1, 0.15) is 5.56 Å². The molecule has 5 nitrogen and oxygen atoms in total. The molecule has 0 fully saturated rings. The van der Waals surface area contributed by atoms with Crippen LogP contribution in [0.25, 0.3) is 0 Å².